The molecule has 2 saturated heterocycles. The van der Waals surface area contributed by atoms with E-state index in [1.807, 2.05) is 66.3 Å². The van der Waals surface area contributed by atoms with Crippen LogP contribution in [-0.4, -0.2) is 174 Å². The number of halogens is 10. The summed E-state index contributed by atoms with van der Waals surface area (Å²) < 4.78 is 25.7. The van der Waals surface area contributed by atoms with Crippen LogP contribution in [0.25, 0.3) is 49.7 Å². The number of aryl methyl sites for hydroxylation is 3. The molecule has 5 aromatic carbocycles. The lowest BCUT2D eigenvalue weighted by Gasteiger charge is -2.33. The summed E-state index contributed by atoms with van der Waals surface area (Å²) in [6.07, 6.45) is -0.635. The van der Waals surface area contributed by atoms with Crippen LogP contribution in [0.5, 0.6) is 0 Å². The Morgan fingerprint density at radius 3 is 1.50 bits per heavy atom. The second kappa shape index (κ2) is 43.5. The van der Waals surface area contributed by atoms with E-state index in [-0.39, 0.29) is 16.9 Å². The number of anilines is 3. The number of methoxy groups -OCH3 is 2. The molecule has 0 aliphatic carbocycles. The molecule has 11 aromatic rings. The average Bonchev–Trinajstić information content (AvgIpc) is 1.69. The molecular weight excluding hydrogens is 1580 g/mol. The number of nitrogens with two attached hydrogens (primary N) is 2. The quantitative estimate of drug-likeness (QED) is 0.0178. The number of carbonyl (C=O) groups excluding carboxylic acids is 3. The van der Waals surface area contributed by atoms with E-state index < -0.39 is 16.7 Å². The molecule has 0 bridgehead atoms. The van der Waals surface area contributed by atoms with Gasteiger partial charge >= 0.3 is 22.4 Å². The van der Waals surface area contributed by atoms with Gasteiger partial charge in [0.25, 0.3) is 0 Å². The number of nitrogens with one attached hydrogen (secondary N) is 4. The number of hydrogen-bond acceptors (Lipinski definition) is 24. The van der Waals surface area contributed by atoms with Crippen LogP contribution in [0.4, 0.5) is 26.9 Å². The molecule has 0 radical (unpaired) electrons. The normalized spacial score (nSPS) is 12.3. The van der Waals surface area contributed by atoms with Crippen molar-refractivity contribution in [1.82, 2.24) is 79.3 Å². The summed E-state index contributed by atoms with van der Waals surface area (Å²) in [4.78, 5) is 73.2. The zero-order valence-corrected chi connectivity index (χ0v) is 65.6. The molecule has 2 aliphatic rings. The van der Waals surface area contributed by atoms with Crippen molar-refractivity contribution < 1.29 is 28.4 Å². The maximum atomic E-state index is 11.7. The topological polar surface area (TPSA) is 394 Å². The summed E-state index contributed by atoms with van der Waals surface area (Å²) in [7, 11) is 11.2. The number of benzene rings is 5. The van der Waals surface area contributed by atoms with Gasteiger partial charge in [0, 0.05) is 119 Å². The van der Waals surface area contributed by atoms with Gasteiger partial charge in [0.2, 0.25) is 17.1 Å². The number of hydrogen-bond donors (Lipinski definition) is 6. The van der Waals surface area contributed by atoms with Gasteiger partial charge in [0.1, 0.15) is 29.6 Å². The number of likely N-dealkylation sites (N-methyl/N-ethyl adjacent to an activating group) is 2. The molecule has 8 heterocycles. The van der Waals surface area contributed by atoms with Crippen LogP contribution >= 0.6 is 129 Å². The fraction of sp³-hybridized carbons (Fsp3) is 0.279. The van der Waals surface area contributed by atoms with Crippen LogP contribution in [0, 0.1) is 43.4 Å². The first-order valence-corrected chi connectivity index (χ1v) is 37.0. The average molecular weight is 1650 g/mol. The maximum Gasteiger partial charge on any atom is 0.411 e. The van der Waals surface area contributed by atoms with Gasteiger partial charge in [-0.15, -0.1) is 15.3 Å². The molecular formula is C61H67Cl10N23O7P2. The van der Waals surface area contributed by atoms with Crippen molar-refractivity contribution >= 4 is 214 Å². The van der Waals surface area contributed by atoms with Gasteiger partial charge in [0.05, 0.1) is 53.3 Å². The number of piperazine rings is 2. The highest BCUT2D eigenvalue weighted by molar-refractivity contribution is 8.24. The number of nitrogen functional groups attached to an aromatic ring is 1. The molecule has 8 N–H and O–H groups in total. The molecule has 0 unspecified atom stereocenters. The van der Waals surface area contributed by atoms with Crippen LogP contribution in [0.2, 0.25) is 30.4 Å². The van der Waals surface area contributed by atoms with E-state index in [2.05, 4.69) is 154 Å². The minimum absolute atomic E-state index is 0.218. The molecule has 2 amide bonds. The van der Waals surface area contributed by atoms with E-state index in [1.165, 1.54) is 55.4 Å². The van der Waals surface area contributed by atoms with Crippen molar-refractivity contribution in [1.29, 1.82) is 10.5 Å². The van der Waals surface area contributed by atoms with E-state index in [4.69, 9.17) is 90.8 Å². The van der Waals surface area contributed by atoms with Crippen LogP contribution in [0.3, 0.4) is 0 Å². The Morgan fingerprint density at radius 2 is 1.04 bits per heavy atom. The standard InChI is InChI=1S/C15H17ClN6.C10H6Cl2N4.C10H7ClN4O.C9H7ClN2O2.C7H5ClN2.C5H12N2.C2H3ClO2.C2H6N2O.CH4NP.Cl3OP/c1-10-17-14-12-4-3-11(16)9-13(12)18-15(22(14)19-10)21-7-5-20(2)6-8-21;1-5-13-9-7-3-2-6(11)4-8(7)14-10(12)16(9)15-5;1-5-12-9-7-3-2-6(11)4-8(7)13-10(16)15(9)14-5;1-14-9(13)12-8-4-7(10)3-2-6(8)5-11;8-6-2-1-5(4-9)7(10)3-6;1-7-4-2-6-3-5-7;1-5-2(3)4;1-2(5)4-3;1-2-3;1-5(2,3)4/h3-4,9H,5-8H2,1-2H3;2-4H,1H3;2-4H,1H3,(H,13,16);2-4H,1H3,(H,12,13);1-3H,10H2;6H,2-5H2,1H3;1H3;3H2,1H3,(H,4,5);3H,1H3;. The summed E-state index contributed by atoms with van der Waals surface area (Å²) in [5.41, 5.74) is 12.1. The summed E-state index contributed by atoms with van der Waals surface area (Å²) in [5.74, 6) is 7.17. The van der Waals surface area contributed by atoms with E-state index in [0.29, 0.717) is 76.1 Å². The molecule has 2 fully saturated rings. The van der Waals surface area contributed by atoms with Gasteiger partial charge in [0.15, 0.2) is 16.9 Å². The Balaban J connectivity index is 0.000000255. The molecule has 0 spiro atoms. The number of ether oxygens (including phenoxy) is 2. The van der Waals surface area contributed by atoms with E-state index in [9.17, 15) is 23.7 Å². The molecule has 0 atom stereocenters. The highest BCUT2D eigenvalue weighted by Crippen LogP contribution is 2.61. The lowest BCUT2D eigenvalue weighted by molar-refractivity contribution is -0.119. The third-order valence-corrected chi connectivity index (χ3v) is 14.7. The van der Waals surface area contributed by atoms with Crippen LogP contribution in [0.1, 0.15) is 35.5 Å². The summed E-state index contributed by atoms with van der Waals surface area (Å²) in [6, 6.07) is 29.6. The maximum absolute atomic E-state index is 11.7. The van der Waals surface area contributed by atoms with Crippen LogP contribution in [0.15, 0.2) is 101 Å². The van der Waals surface area contributed by atoms with Gasteiger partial charge < -0.3 is 40.2 Å². The monoisotopic (exact) mass is 1650 g/mol. The van der Waals surface area contributed by atoms with Crippen molar-refractivity contribution in [2.75, 3.05) is 104 Å². The third kappa shape index (κ3) is 29.3. The number of fused-ring (bicyclic) bond motifs is 9. The van der Waals surface area contributed by atoms with Crippen molar-refractivity contribution in [2.24, 2.45) is 10.6 Å². The zero-order chi connectivity index (χ0) is 76.8. The predicted molar refractivity (Wildman–Crippen MR) is 413 cm³/mol. The van der Waals surface area contributed by atoms with Crippen LogP contribution in [-0.2, 0) is 18.8 Å². The van der Waals surface area contributed by atoms with E-state index >= 15 is 0 Å². The summed E-state index contributed by atoms with van der Waals surface area (Å²) in [5, 5.41) is 38.1. The lowest BCUT2D eigenvalue weighted by Crippen LogP contribution is -2.45. The molecule has 13 rings (SSSR count). The van der Waals surface area contributed by atoms with Gasteiger partial charge in [-0.3, -0.25) is 24.8 Å². The molecule has 548 valence electrons. The Labute approximate surface area is 641 Å². The van der Waals surface area contributed by atoms with Gasteiger partial charge in [-0.05, 0) is 180 Å². The van der Waals surface area contributed by atoms with Crippen LogP contribution < -0.4 is 38.2 Å². The number of carbonyl (C=O) groups is 3. The predicted octanol–water partition coefficient (Wildman–Crippen LogP) is 13.9. The Kier molecular flexibility index (Phi) is 37.0. The van der Waals surface area contributed by atoms with Crippen molar-refractivity contribution in [3.63, 3.8) is 0 Å². The minimum Gasteiger partial charge on any atom is -0.457 e. The first kappa shape index (κ1) is 87.6. The molecule has 42 heteroatoms. The number of rotatable bonds is 2. The smallest absolute Gasteiger partial charge is 0.411 e. The number of aromatic nitrogens is 12. The number of nitriles is 2. The Bertz CT molecular complexity index is 4900. The highest BCUT2D eigenvalue weighted by Gasteiger charge is 2.22. The second-order valence-corrected chi connectivity index (χ2v) is 30.7. The number of amides is 2. The SMILES string of the molecule is CC(=O)NN.CN1CCNCC1.CN=P.COC(=O)Cl.COC(=O)Nc1cc(Cl)ccc1C#N.Cc1nc2c3ccc(Cl)cc3[nH]c(=O)n2n1.Cc1nc2c3ccc(Cl)cc3nc(Cl)n2n1.Cc1nc2c3ccc(Cl)cc3nc(N3CCN(C)CC3)n2n1.N#Cc1ccc(Cl)cc1N.O=P(Cl)(Cl)Cl. The van der Waals surface area contributed by atoms with Crippen molar-refractivity contribution in [2.45, 2.75) is 27.7 Å². The zero-order valence-electron chi connectivity index (χ0n) is 56.2. The van der Waals surface area contributed by atoms with Gasteiger partial charge in [-0.2, -0.15) is 24.1 Å². The van der Waals surface area contributed by atoms with Crippen molar-refractivity contribution in [3.05, 3.63) is 160 Å². The third-order valence-electron chi connectivity index (χ3n) is 13.1. The second-order valence-electron chi connectivity index (χ2n) is 20.8. The summed E-state index contributed by atoms with van der Waals surface area (Å²) in [6.45, 7) is 15.5. The number of nitrogens with zero attached hydrogens (tertiary/aromatic N) is 17. The van der Waals surface area contributed by atoms with E-state index in [0.717, 1.165) is 83.9 Å². The largest absolute Gasteiger partial charge is 0.457 e. The van der Waals surface area contributed by atoms with E-state index in [1.54, 1.807) is 62.5 Å². The molecule has 103 heavy (non-hydrogen) atoms. The summed E-state index contributed by atoms with van der Waals surface area (Å²) >= 11 is 53.6. The molecule has 0 saturated carbocycles. The Morgan fingerprint density at radius 1 is 0.631 bits per heavy atom. The number of H-pyrrole nitrogens is 1. The fourth-order valence-electron chi connectivity index (χ4n) is 8.54. The molecule has 30 nitrogen and oxygen atoms in total. The van der Waals surface area contributed by atoms with Crippen molar-refractivity contribution in [3.8, 4) is 12.1 Å². The minimum atomic E-state index is -3.22. The number of aromatic amines is 1. The molecule has 6 aromatic heterocycles. The first-order valence-electron chi connectivity index (χ1n) is 29.5. The van der Waals surface area contributed by atoms with Gasteiger partial charge in [-0.25, -0.2) is 45.1 Å². The fourth-order valence-corrected chi connectivity index (χ4v) is 9.60. The molecule has 2 aliphatic heterocycles. The van der Waals surface area contributed by atoms with Gasteiger partial charge in [-0.1, -0.05) is 58.0 Å². The highest BCUT2D eigenvalue weighted by atomic mass is 36.0. The first-order chi connectivity index (χ1) is 48.7. The Hall–Kier alpha value is -7.81. The lowest BCUT2D eigenvalue weighted by atomic mass is 10.2. The number of hydrazine groups is 1.